The quantitative estimate of drug-likeness (QED) is 0.287. The van der Waals surface area contributed by atoms with Crippen molar-refractivity contribution in [1.82, 2.24) is 19.7 Å². The number of nitrogens with zero attached hydrogens (tertiary/aromatic N) is 4. The van der Waals surface area contributed by atoms with E-state index in [1.807, 2.05) is 48.5 Å². The van der Waals surface area contributed by atoms with Crippen molar-refractivity contribution in [3.8, 4) is 28.4 Å². The molecular formula is C27H32N4O6. The molecule has 0 unspecified atom stereocenters. The van der Waals surface area contributed by atoms with Crippen LogP contribution in [0.15, 0.2) is 48.5 Å². The Morgan fingerprint density at radius 2 is 1.57 bits per heavy atom. The minimum absolute atomic E-state index is 0.0797. The van der Waals surface area contributed by atoms with Gasteiger partial charge in [0.05, 0.1) is 37.9 Å². The number of carbonyl (C=O) groups is 2. The van der Waals surface area contributed by atoms with Crippen molar-refractivity contribution in [3.05, 3.63) is 59.8 Å². The molecule has 0 spiro atoms. The number of benzene rings is 2. The molecule has 1 aromatic heterocycles. The van der Waals surface area contributed by atoms with Crippen LogP contribution < -0.4 is 9.47 Å². The molecule has 1 aliphatic heterocycles. The number of piperidine rings is 1. The Hall–Kier alpha value is -4.05. The van der Waals surface area contributed by atoms with Crippen LogP contribution in [0.5, 0.6) is 11.5 Å². The number of aromatic nitrogens is 2. The molecule has 1 fully saturated rings. The van der Waals surface area contributed by atoms with Crippen LogP contribution in [0, 0.1) is 0 Å². The van der Waals surface area contributed by atoms with Crippen LogP contribution in [-0.2, 0) is 4.74 Å². The summed E-state index contributed by atoms with van der Waals surface area (Å²) < 4.78 is 17.9. The Morgan fingerprint density at radius 1 is 1.00 bits per heavy atom. The lowest BCUT2D eigenvalue weighted by atomic mass is 9.90. The number of hydroxylamine groups is 2. The van der Waals surface area contributed by atoms with Gasteiger partial charge < -0.3 is 19.1 Å². The summed E-state index contributed by atoms with van der Waals surface area (Å²) in [5, 5.41) is 15.1. The summed E-state index contributed by atoms with van der Waals surface area (Å²) in [5.74, 6) is 0.877. The molecule has 1 N–H and O–H groups in total. The summed E-state index contributed by atoms with van der Waals surface area (Å²) in [6.45, 7) is 2.87. The van der Waals surface area contributed by atoms with E-state index in [0.29, 0.717) is 59.4 Å². The van der Waals surface area contributed by atoms with Gasteiger partial charge in [-0.1, -0.05) is 0 Å². The van der Waals surface area contributed by atoms with Gasteiger partial charge in [0.2, 0.25) is 0 Å². The fourth-order valence-corrected chi connectivity index (χ4v) is 4.60. The molecule has 3 aromatic rings. The molecule has 0 radical (unpaired) electrons. The van der Waals surface area contributed by atoms with Crippen LogP contribution in [-0.4, -0.2) is 77.9 Å². The summed E-state index contributed by atoms with van der Waals surface area (Å²) >= 11 is 0. The third-order valence-electron chi connectivity index (χ3n) is 6.50. The number of methoxy groups -OCH3 is 2. The van der Waals surface area contributed by atoms with E-state index in [2.05, 4.69) is 0 Å². The monoisotopic (exact) mass is 508 g/mol. The Labute approximate surface area is 215 Å². The van der Waals surface area contributed by atoms with Gasteiger partial charge in [0.1, 0.15) is 17.1 Å². The highest BCUT2D eigenvalue weighted by Crippen LogP contribution is 2.38. The first-order valence-corrected chi connectivity index (χ1v) is 12.2. The molecule has 37 heavy (non-hydrogen) atoms. The number of ether oxygens (including phenoxy) is 3. The van der Waals surface area contributed by atoms with E-state index in [4.69, 9.17) is 19.3 Å². The standard InChI is InChI=1S/C27H32N4O6/c1-5-37-26(32)23-24(18-14-16-30(17-15-18)27(33)29(2)34)28-31(20-8-12-22(36-4)13-9-20)25(23)19-6-10-21(35-3)11-7-19/h6-13,18,34H,5,14-17H2,1-4H3. The van der Waals surface area contributed by atoms with Crippen LogP contribution in [0.25, 0.3) is 16.9 Å². The van der Waals surface area contributed by atoms with E-state index in [1.54, 1.807) is 30.7 Å². The molecular weight excluding hydrogens is 476 g/mol. The fraction of sp³-hybridized carbons (Fsp3) is 0.370. The lowest BCUT2D eigenvalue weighted by molar-refractivity contribution is -0.0357. The molecule has 10 heteroatoms. The number of hydrogen-bond donors (Lipinski definition) is 1. The van der Waals surface area contributed by atoms with Gasteiger partial charge in [-0.15, -0.1) is 0 Å². The zero-order chi connectivity index (χ0) is 26.5. The third-order valence-corrected chi connectivity index (χ3v) is 6.50. The van der Waals surface area contributed by atoms with Gasteiger partial charge in [0.25, 0.3) is 0 Å². The summed E-state index contributed by atoms with van der Waals surface area (Å²) in [7, 11) is 4.52. The zero-order valence-electron chi connectivity index (χ0n) is 21.5. The van der Waals surface area contributed by atoms with Crippen molar-refractivity contribution in [3.63, 3.8) is 0 Å². The van der Waals surface area contributed by atoms with E-state index >= 15 is 0 Å². The van der Waals surface area contributed by atoms with Crippen molar-refractivity contribution in [2.45, 2.75) is 25.7 Å². The van der Waals surface area contributed by atoms with Crippen molar-refractivity contribution in [2.24, 2.45) is 0 Å². The van der Waals surface area contributed by atoms with Crippen LogP contribution in [0.1, 0.15) is 41.7 Å². The number of carbonyl (C=O) groups excluding carboxylic acids is 2. The van der Waals surface area contributed by atoms with E-state index in [1.165, 1.54) is 7.05 Å². The summed E-state index contributed by atoms with van der Waals surface area (Å²) in [5.41, 5.74) is 3.21. The second-order valence-corrected chi connectivity index (χ2v) is 8.74. The highest BCUT2D eigenvalue weighted by Gasteiger charge is 2.34. The number of amides is 2. The predicted octanol–water partition coefficient (Wildman–Crippen LogP) is 4.35. The molecule has 1 saturated heterocycles. The maximum absolute atomic E-state index is 13.4. The molecule has 0 saturated carbocycles. The van der Waals surface area contributed by atoms with Gasteiger partial charge in [-0.05, 0) is 68.3 Å². The van der Waals surface area contributed by atoms with Crippen LogP contribution in [0.2, 0.25) is 0 Å². The van der Waals surface area contributed by atoms with Crippen molar-refractivity contribution < 1.29 is 29.0 Å². The normalized spacial score (nSPS) is 13.8. The van der Waals surface area contributed by atoms with Crippen molar-refractivity contribution >= 4 is 12.0 Å². The number of urea groups is 1. The first-order valence-electron chi connectivity index (χ1n) is 12.2. The minimum Gasteiger partial charge on any atom is -0.497 e. The highest BCUT2D eigenvalue weighted by atomic mass is 16.5. The van der Waals surface area contributed by atoms with Gasteiger partial charge in [-0.25, -0.2) is 19.3 Å². The average Bonchev–Trinajstić information content (AvgIpc) is 3.33. The number of esters is 1. The largest absolute Gasteiger partial charge is 0.497 e. The molecule has 10 nitrogen and oxygen atoms in total. The molecule has 1 aliphatic rings. The summed E-state index contributed by atoms with van der Waals surface area (Å²) in [6.07, 6.45) is 1.18. The highest BCUT2D eigenvalue weighted by molar-refractivity contribution is 5.98. The van der Waals surface area contributed by atoms with E-state index in [0.717, 1.165) is 11.3 Å². The number of rotatable bonds is 7. The fourth-order valence-electron chi connectivity index (χ4n) is 4.60. The summed E-state index contributed by atoms with van der Waals surface area (Å²) in [4.78, 5) is 27.2. The summed E-state index contributed by atoms with van der Waals surface area (Å²) in [6, 6.07) is 14.5. The topological polar surface area (TPSA) is 106 Å². The van der Waals surface area contributed by atoms with Gasteiger partial charge in [-0.2, -0.15) is 5.10 Å². The molecule has 2 aromatic carbocycles. The molecule has 0 atom stereocenters. The molecule has 2 amide bonds. The molecule has 4 rings (SSSR count). The van der Waals surface area contributed by atoms with Crippen molar-refractivity contribution in [1.29, 1.82) is 0 Å². The smallest absolute Gasteiger partial charge is 0.343 e. The van der Waals surface area contributed by atoms with Gasteiger partial charge >= 0.3 is 12.0 Å². The lowest BCUT2D eigenvalue weighted by Gasteiger charge is -2.32. The molecule has 196 valence electrons. The van der Waals surface area contributed by atoms with E-state index < -0.39 is 12.0 Å². The Balaban J connectivity index is 1.84. The molecule has 0 bridgehead atoms. The second-order valence-electron chi connectivity index (χ2n) is 8.74. The maximum atomic E-state index is 13.4. The molecule has 2 heterocycles. The number of hydrogen-bond acceptors (Lipinski definition) is 7. The van der Waals surface area contributed by atoms with Gasteiger partial charge in [0, 0.05) is 31.6 Å². The van der Waals surface area contributed by atoms with Gasteiger partial charge in [0.15, 0.2) is 0 Å². The average molecular weight is 509 g/mol. The Morgan fingerprint density at radius 3 is 2.08 bits per heavy atom. The SMILES string of the molecule is CCOC(=O)c1c(C2CCN(C(=O)N(C)O)CC2)nn(-c2ccc(OC)cc2)c1-c1ccc(OC)cc1. The Kier molecular flexibility index (Phi) is 7.98. The minimum atomic E-state index is -0.452. The Bertz CT molecular complexity index is 1230. The first kappa shape index (κ1) is 26.0. The van der Waals surface area contributed by atoms with Crippen LogP contribution in [0.4, 0.5) is 4.79 Å². The van der Waals surface area contributed by atoms with E-state index in [9.17, 15) is 14.8 Å². The zero-order valence-corrected chi connectivity index (χ0v) is 21.5. The van der Waals surface area contributed by atoms with Crippen LogP contribution in [0.3, 0.4) is 0 Å². The molecule has 0 aliphatic carbocycles. The second kappa shape index (κ2) is 11.3. The lowest BCUT2D eigenvalue weighted by Crippen LogP contribution is -2.43. The van der Waals surface area contributed by atoms with Crippen molar-refractivity contribution in [2.75, 3.05) is 41.0 Å². The predicted molar refractivity (Wildman–Crippen MR) is 137 cm³/mol. The number of likely N-dealkylation sites (tertiary alicyclic amines) is 1. The van der Waals surface area contributed by atoms with Crippen LogP contribution >= 0.6 is 0 Å². The maximum Gasteiger partial charge on any atom is 0.343 e. The first-order chi connectivity index (χ1) is 17.9. The van der Waals surface area contributed by atoms with E-state index in [-0.39, 0.29) is 12.5 Å². The third kappa shape index (κ3) is 5.39. The van der Waals surface area contributed by atoms with Gasteiger partial charge in [-0.3, -0.25) is 5.21 Å².